The molecule has 0 bridgehead atoms. The standard InChI is InChI=1S/C13H11ClN4O2/c1-17(2)12-9(14)5-8-7-3-4-15-6-10(7)16-11(8)13(12)18(19)20/h3-6,16H,1-2H3. The lowest BCUT2D eigenvalue weighted by molar-refractivity contribution is -0.382. The molecular weight excluding hydrogens is 280 g/mol. The molecule has 0 aliphatic carbocycles. The second-order valence-electron chi connectivity index (χ2n) is 4.68. The van der Waals surface area contributed by atoms with E-state index in [1.54, 1.807) is 37.5 Å². The van der Waals surface area contributed by atoms with E-state index < -0.39 is 4.92 Å². The zero-order valence-electron chi connectivity index (χ0n) is 10.8. The lowest BCUT2D eigenvalue weighted by atomic mass is 10.1. The average Bonchev–Trinajstić information content (AvgIpc) is 2.74. The van der Waals surface area contributed by atoms with Gasteiger partial charge in [-0.05, 0) is 12.1 Å². The van der Waals surface area contributed by atoms with Gasteiger partial charge >= 0.3 is 5.69 Å². The van der Waals surface area contributed by atoms with Crippen LogP contribution in [-0.4, -0.2) is 29.0 Å². The molecule has 3 aromatic rings. The summed E-state index contributed by atoms with van der Waals surface area (Å²) < 4.78 is 0. The number of nitro benzene ring substituents is 1. The normalized spacial score (nSPS) is 11.2. The van der Waals surface area contributed by atoms with Crippen LogP contribution in [0.25, 0.3) is 21.8 Å². The van der Waals surface area contributed by atoms with Crippen molar-refractivity contribution in [1.29, 1.82) is 0 Å². The second-order valence-corrected chi connectivity index (χ2v) is 5.08. The molecule has 3 rings (SSSR count). The molecule has 0 saturated heterocycles. The molecule has 102 valence electrons. The highest BCUT2D eigenvalue weighted by atomic mass is 35.5. The summed E-state index contributed by atoms with van der Waals surface area (Å²) in [6, 6.07) is 3.56. The smallest absolute Gasteiger partial charge is 0.317 e. The summed E-state index contributed by atoms with van der Waals surface area (Å²) in [5.41, 5.74) is 1.58. The highest BCUT2D eigenvalue weighted by Gasteiger charge is 2.26. The molecule has 1 N–H and O–H groups in total. The van der Waals surface area contributed by atoms with Crippen LogP contribution < -0.4 is 4.90 Å². The number of halogens is 1. The molecule has 0 saturated carbocycles. The van der Waals surface area contributed by atoms with Gasteiger partial charge in [-0.25, -0.2) is 0 Å². The zero-order chi connectivity index (χ0) is 14.4. The molecule has 0 unspecified atom stereocenters. The fraction of sp³-hybridized carbons (Fsp3) is 0.154. The van der Waals surface area contributed by atoms with E-state index in [-0.39, 0.29) is 5.69 Å². The maximum Gasteiger partial charge on any atom is 0.317 e. The van der Waals surface area contributed by atoms with Crippen LogP contribution in [0.15, 0.2) is 24.5 Å². The highest BCUT2D eigenvalue weighted by Crippen LogP contribution is 2.42. The van der Waals surface area contributed by atoms with Crippen LogP contribution in [-0.2, 0) is 0 Å². The van der Waals surface area contributed by atoms with Crippen molar-refractivity contribution in [3.05, 3.63) is 39.7 Å². The van der Waals surface area contributed by atoms with Gasteiger partial charge in [0.2, 0.25) is 0 Å². The fourth-order valence-corrected chi connectivity index (χ4v) is 2.80. The number of fused-ring (bicyclic) bond motifs is 3. The molecule has 6 nitrogen and oxygen atoms in total. The summed E-state index contributed by atoms with van der Waals surface area (Å²) in [6.45, 7) is 0. The van der Waals surface area contributed by atoms with Gasteiger partial charge in [0.25, 0.3) is 0 Å². The monoisotopic (exact) mass is 290 g/mol. The number of aromatic amines is 1. The van der Waals surface area contributed by atoms with E-state index in [2.05, 4.69) is 9.97 Å². The van der Waals surface area contributed by atoms with Gasteiger partial charge < -0.3 is 9.88 Å². The summed E-state index contributed by atoms with van der Waals surface area (Å²) in [5, 5.41) is 13.4. The molecule has 1 aromatic carbocycles. The lowest BCUT2D eigenvalue weighted by Gasteiger charge is -2.14. The van der Waals surface area contributed by atoms with Crippen molar-refractivity contribution >= 4 is 44.8 Å². The number of nitro groups is 1. The Morgan fingerprint density at radius 2 is 2.15 bits per heavy atom. The highest BCUT2D eigenvalue weighted by molar-refractivity contribution is 6.36. The van der Waals surface area contributed by atoms with Crippen molar-refractivity contribution < 1.29 is 4.92 Å². The molecule has 0 amide bonds. The van der Waals surface area contributed by atoms with Crippen molar-refractivity contribution in [3.8, 4) is 0 Å². The van der Waals surface area contributed by atoms with Gasteiger partial charge in [-0.3, -0.25) is 15.1 Å². The van der Waals surface area contributed by atoms with Crippen LogP contribution in [0.3, 0.4) is 0 Å². The van der Waals surface area contributed by atoms with E-state index in [1.807, 2.05) is 6.07 Å². The Hall–Kier alpha value is -2.34. The van der Waals surface area contributed by atoms with Gasteiger partial charge in [-0.2, -0.15) is 0 Å². The number of rotatable bonds is 2. The van der Waals surface area contributed by atoms with E-state index in [0.717, 1.165) is 16.3 Å². The Kier molecular flexibility index (Phi) is 2.76. The summed E-state index contributed by atoms with van der Waals surface area (Å²) in [7, 11) is 3.45. The molecule has 0 aliphatic heterocycles. The number of nitrogens with zero attached hydrogens (tertiary/aromatic N) is 3. The first-order valence-corrected chi connectivity index (χ1v) is 6.28. The second kappa shape index (κ2) is 4.35. The number of nitrogens with one attached hydrogen (secondary N) is 1. The Morgan fingerprint density at radius 3 is 2.80 bits per heavy atom. The number of anilines is 1. The van der Waals surface area contributed by atoms with Crippen molar-refractivity contribution in [2.24, 2.45) is 0 Å². The lowest BCUT2D eigenvalue weighted by Crippen LogP contribution is -2.12. The molecule has 20 heavy (non-hydrogen) atoms. The van der Waals surface area contributed by atoms with Crippen LogP contribution in [0.1, 0.15) is 0 Å². The first kappa shape index (κ1) is 12.7. The predicted molar refractivity (Wildman–Crippen MR) is 79.6 cm³/mol. The first-order valence-electron chi connectivity index (χ1n) is 5.90. The average molecular weight is 291 g/mol. The third kappa shape index (κ3) is 1.69. The SMILES string of the molecule is CN(C)c1c(Cl)cc2c([nH]c3cnccc32)c1[N+](=O)[O-]. The first-order chi connectivity index (χ1) is 9.50. The molecule has 0 fully saturated rings. The van der Waals surface area contributed by atoms with E-state index in [1.165, 1.54) is 0 Å². The van der Waals surface area contributed by atoms with Crippen LogP contribution in [0.4, 0.5) is 11.4 Å². The van der Waals surface area contributed by atoms with Crippen molar-refractivity contribution in [3.63, 3.8) is 0 Å². The van der Waals surface area contributed by atoms with E-state index in [9.17, 15) is 10.1 Å². The van der Waals surface area contributed by atoms with E-state index >= 15 is 0 Å². The molecule has 2 aromatic heterocycles. The van der Waals surface area contributed by atoms with Crippen molar-refractivity contribution in [2.45, 2.75) is 0 Å². The largest absolute Gasteiger partial charge is 0.371 e. The van der Waals surface area contributed by atoms with E-state index in [0.29, 0.717) is 16.2 Å². The summed E-state index contributed by atoms with van der Waals surface area (Å²) in [4.78, 5) is 19.8. The number of pyridine rings is 1. The molecule has 0 radical (unpaired) electrons. The Labute approximate surface area is 119 Å². The number of hydrogen-bond donors (Lipinski definition) is 1. The summed E-state index contributed by atoms with van der Waals surface area (Å²) in [6.07, 6.45) is 3.29. The maximum atomic E-state index is 11.5. The van der Waals surface area contributed by atoms with Crippen LogP contribution in [0, 0.1) is 10.1 Å². The van der Waals surface area contributed by atoms with Crippen molar-refractivity contribution in [1.82, 2.24) is 9.97 Å². The van der Waals surface area contributed by atoms with Gasteiger partial charge in [0.1, 0.15) is 11.2 Å². The van der Waals surface area contributed by atoms with Gasteiger partial charge in [0.15, 0.2) is 0 Å². The molecular formula is C13H11ClN4O2. The van der Waals surface area contributed by atoms with Crippen LogP contribution in [0.5, 0.6) is 0 Å². The number of aromatic nitrogens is 2. The number of H-pyrrole nitrogens is 1. The predicted octanol–water partition coefficient (Wildman–Crippen LogP) is 3.34. The minimum atomic E-state index is -0.410. The molecule has 2 heterocycles. The Bertz CT molecular complexity index is 841. The van der Waals surface area contributed by atoms with Gasteiger partial charge in [0, 0.05) is 31.1 Å². The topological polar surface area (TPSA) is 75.1 Å². The Morgan fingerprint density at radius 1 is 1.40 bits per heavy atom. The molecule has 0 aliphatic rings. The quantitative estimate of drug-likeness (QED) is 0.580. The van der Waals surface area contributed by atoms with Gasteiger partial charge in [-0.1, -0.05) is 11.6 Å². The zero-order valence-corrected chi connectivity index (χ0v) is 11.6. The molecule has 0 atom stereocenters. The summed E-state index contributed by atoms with van der Waals surface area (Å²) in [5.74, 6) is 0. The number of hydrogen-bond acceptors (Lipinski definition) is 4. The van der Waals surface area contributed by atoms with Crippen molar-refractivity contribution in [2.75, 3.05) is 19.0 Å². The minimum absolute atomic E-state index is 0.0197. The molecule has 7 heteroatoms. The Balaban J connectivity index is 2.55. The third-order valence-corrected chi connectivity index (χ3v) is 3.52. The van der Waals surface area contributed by atoms with Crippen LogP contribution in [0.2, 0.25) is 5.02 Å². The fourth-order valence-electron chi connectivity index (χ4n) is 2.43. The van der Waals surface area contributed by atoms with Gasteiger partial charge in [0.05, 0.1) is 21.7 Å². The van der Waals surface area contributed by atoms with Crippen LogP contribution >= 0.6 is 11.6 Å². The minimum Gasteiger partial charge on any atom is -0.371 e. The maximum absolute atomic E-state index is 11.5. The number of benzene rings is 1. The summed E-state index contributed by atoms with van der Waals surface area (Å²) >= 11 is 6.23. The van der Waals surface area contributed by atoms with E-state index in [4.69, 9.17) is 11.6 Å². The molecule has 0 spiro atoms. The van der Waals surface area contributed by atoms with Gasteiger partial charge in [-0.15, -0.1) is 0 Å². The third-order valence-electron chi connectivity index (χ3n) is 3.23.